The first kappa shape index (κ1) is 16.2. The lowest BCUT2D eigenvalue weighted by molar-refractivity contribution is 0.419. The number of allylic oxidation sites excluding steroid dienone is 6. The van der Waals surface area contributed by atoms with Crippen LogP contribution in [0, 0.1) is 11.3 Å². The third kappa shape index (κ3) is 8.01. The first-order chi connectivity index (χ1) is 7.80. The Hall–Kier alpha value is -0.780. The molecule has 1 unspecified atom stereocenters. The highest BCUT2D eigenvalue weighted by molar-refractivity contribution is 5.36. The third-order valence-corrected chi connectivity index (χ3v) is 2.53. The van der Waals surface area contributed by atoms with Gasteiger partial charge in [0.25, 0.3) is 0 Å². The van der Waals surface area contributed by atoms with E-state index in [1.165, 1.54) is 17.6 Å². The summed E-state index contributed by atoms with van der Waals surface area (Å²) in [6.45, 7) is 15.5. The van der Waals surface area contributed by atoms with E-state index < -0.39 is 0 Å². The molecule has 0 fully saturated rings. The van der Waals surface area contributed by atoms with E-state index in [0.29, 0.717) is 11.3 Å². The predicted octanol–water partition coefficient (Wildman–Crippen LogP) is 5.92. The minimum atomic E-state index is 0.400. The molecule has 0 heteroatoms. The Balaban J connectivity index is 0.000000770. The number of hydrogen-bond donors (Lipinski definition) is 0. The molecule has 0 spiro atoms. The van der Waals surface area contributed by atoms with Gasteiger partial charge in [-0.05, 0) is 30.3 Å². The summed E-state index contributed by atoms with van der Waals surface area (Å²) in [7, 11) is 0. The Labute approximate surface area is 109 Å². The van der Waals surface area contributed by atoms with E-state index in [0.717, 1.165) is 6.42 Å². The molecule has 1 aliphatic rings. The van der Waals surface area contributed by atoms with Crippen molar-refractivity contribution in [2.24, 2.45) is 11.3 Å². The molecular formula is C17H30. The lowest BCUT2D eigenvalue weighted by atomic mass is 9.87. The molecule has 0 aliphatic heterocycles. The fourth-order valence-corrected chi connectivity index (χ4v) is 1.60. The smallest absolute Gasteiger partial charge is 0.000788 e. The Morgan fingerprint density at radius 2 is 1.71 bits per heavy atom. The molecule has 1 rings (SSSR count). The van der Waals surface area contributed by atoms with Crippen LogP contribution < -0.4 is 0 Å². The molecule has 0 aromatic carbocycles. The summed E-state index contributed by atoms with van der Waals surface area (Å²) in [6, 6.07) is 0. The van der Waals surface area contributed by atoms with Gasteiger partial charge in [-0.15, -0.1) is 0 Å². The van der Waals surface area contributed by atoms with Crippen LogP contribution >= 0.6 is 0 Å². The van der Waals surface area contributed by atoms with Crippen molar-refractivity contribution in [2.45, 2.75) is 61.3 Å². The maximum Gasteiger partial charge on any atom is -0.000788 e. The molecule has 0 amide bonds. The zero-order valence-corrected chi connectivity index (χ0v) is 12.8. The van der Waals surface area contributed by atoms with Crippen LogP contribution in [0.15, 0.2) is 35.5 Å². The van der Waals surface area contributed by atoms with Crippen molar-refractivity contribution in [1.29, 1.82) is 0 Å². The maximum atomic E-state index is 2.38. The molecule has 0 aromatic heterocycles. The van der Waals surface area contributed by atoms with Gasteiger partial charge in [0.15, 0.2) is 0 Å². The molecule has 0 N–H and O–H groups in total. The minimum Gasteiger partial charge on any atom is -0.0802 e. The average molecular weight is 234 g/mol. The second-order valence-electron chi connectivity index (χ2n) is 6.21. The van der Waals surface area contributed by atoms with Gasteiger partial charge in [0.1, 0.15) is 0 Å². The maximum absolute atomic E-state index is 2.38. The van der Waals surface area contributed by atoms with Gasteiger partial charge >= 0.3 is 0 Å². The van der Waals surface area contributed by atoms with E-state index in [9.17, 15) is 0 Å². The summed E-state index contributed by atoms with van der Waals surface area (Å²) >= 11 is 0. The Bertz CT molecular complexity index is 294. The third-order valence-electron chi connectivity index (χ3n) is 2.53. The summed E-state index contributed by atoms with van der Waals surface area (Å²) in [5.74, 6) is 0.586. The molecule has 0 radical (unpaired) electrons. The van der Waals surface area contributed by atoms with Gasteiger partial charge in [0.2, 0.25) is 0 Å². The van der Waals surface area contributed by atoms with Gasteiger partial charge in [0, 0.05) is 0 Å². The van der Waals surface area contributed by atoms with Gasteiger partial charge in [-0.25, -0.2) is 0 Å². The summed E-state index contributed by atoms with van der Waals surface area (Å²) < 4.78 is 0. The van der Waals surface area contributed by atoms with E-state index in [1.807, 2.05) is 0 Å². The highest BCUT2D eigenvalue weighted by atomic mass is 14.2. The van der Waals surface area contributed by atoms with Crippen LogP contribution in [0.5, 0.6) is 0 Å². The molecule has 0 saturated heterocycles. The van der Waals surface area contributed by atoms with Crippen LogP contribution in [-0.2, 0) is 0 Å². The molecule has 0 saturated carbocycles. The Morgan fingerprint density at radius 3 is 2.12 bits per heavy atom. The monoisotopic (exact) mass is 234 g/mol. The molecule has 0 nitrogen and oxygen atoms in total. The molecule has 0 bridgehead atoms. The second kappa shape index (κ2) is 7.53. The SMILES string of the molecule is CC1=CC(C)/C(=C\CC(C)(C)C)C=C1.CCC. The quantitative estimate of drug-likeness (QED) is 0.528. The van der Waals surface area contributed by atoms with Crippen LogP contribution in [0.4, 0.5) is 0 Å². The van der Waals surface area contributed by atoms with Gasteiger partial charge in [-0.2, -0.15) is 0 Å². The van der Waals surface area contributed by atoms with Crippen LogP contribution in [-0.4, -0.2) is 0 Å². The highest BCUT2D eigenvalue weighted by Gasteiger charge is 2.11. The fourth-order valence-electron chi connectivity index (χ4n) is 1.60. The molecule has 17 heavy (non-hydrogen) atoms. The van der Waals surface area contributed by atoms with Crippen molar-refractivity contribution in [3.8, 4) is 0 Å². The van der Waals surface area contributed by atoms with Crippen molar-refractivity contribution in [3.63, 3.8) is 0 Å². The van der Waals surface area contributed by atoms with Crippen molar-refractivity contribution in [3.05, 3.63) is 35.5 Å². The number of hydrogen-bond acceptors (Lipinski definition) is 0. The summed E-state index contributed by atoms with van der Waals surface area (Å²) in [6.07, 6.45) is 11.6. The average Bonchev–Trinajstić information content (AvgIpc) is 2.16. The van der Waals surface area contributed by atoms with E-state index in [-0.39, 0.29) is 0 Å². The van der Waals surface area contributed by atoms with Gasteiger partial charge in [-0.3, -0.25) is 0 Å². The minimum absolute atomic E-state index is 0.400. The number of rotatable bonds is 1. The van der Waals surface area contributed by atoms with Crippen LogP contribution in [0.3, 0.4) is 0 Å². The standard InChI is InChI=1S/C14H22.C3H8/c1-11-6-7-13(12(2)10-11)8-9-14(3,4)5;1-3-2/h6-8,10,12H,9H2,1-5H3;3H2,1-2H3/b13-8-;. The van der Waals surface area contributed by atoms with Gasteiger partial charge in [0.05, 0.1) is 0 Å². The van der Waals surface area contributed by atoms with Crippen LogP contribution in [0.2, 0.25) is 0 Å². The van der Waals surface area contributed by atoms with Crippen molar-refractivity contribution < 1.29 is 0 Å². The second-order valence-corrected chi connectivity index (χ2v) is 6.21. The summed E-state index contributed by atoms with van der Waals surface area (Å²) in [4.78, 5) is 0. The molecule has 0 heterocycles. The molecule has 1 atom stereocenters. The largest absolute Gasteiger partial charge is 0.0802 e. The molecule has 1 aliphatic carbocycles. The molecule has 98 valence electrons. The van der Waals surface area contributed by atoms with Crippen molar-refractivity contribution in [1.82, 2.24) is 0 Å². The van der Waals surface area contributed by atoms with E-state index in [4.69, 9.17) is 0 Å². The molecular weight excluding hydrogens is 204 g/mol. The van der Waals surface area contributed by atoms with Gasteiger partial charge < -0.3 is 0 Å². The topological polar surface area (TPSA) is 0 Å². The lowest BCUT2D eigenvalue weighted by Crippen LogP contribution is -2.05. The Morgan fingerprint density at radius 1 is 1.18 bits per heavy atom. The van der Waals surface area contributed by atoms with Crippen LogP contribution in [0.25, 0.3) is 0 Å². The lowest BCUT2D eigenvalue weighted by Gasteiger charge is -2.19. The zero-order valence-electron chi connectivity index (χ0n) is 12.8. The zero-order chi connectivity index (χ0) is 13.5. The van der Waals surface area contributed by atoms with E-state index in [1.54, 1.807) is 0 Å². The normalized spacial score (nSPS) is 21.9. The first-order valence-electron chi connectivity index (χ1n) is 6.86. The van der Waals surface area contributed by atoms with Gasteiger partial charge in [-0.1, -0.05) is 77.8 Å². The predicted molar refractivity (Wildman–Crippen MR) is 80.2 cm³/mol. The molecule has 0 aromatic rings. The Kier molecular flexibility index (Phi) is 7.18. The van der Waals surface area contributed by atoms with E-state index in [2.05, 4.69) is 72.8 Å². The first-order valence-corrected chi connectivity index (χ1v) is 6.86. The fraction of sp³-hybridized carbons (Fsp3) is 0.647. The highest BCUT2D eigenvalue weighted by Crippen LogP contribution is 2.26. The van der Waals surface area contributed by atoms with Crippen molar-refractivity contribution >= 4 is 0 Å². The van der Waals surface area contributed by atoms with E-state index >= 15 is 0 Å². The summed E-state index contributed by atoms with van der Waals surface area (Å²) in [5, 5.41) is 0. The van der Waals surface area contributed by atoms with Crippen molar-refractivity contribution in [2.75, 3.05) is 0 Å². The van der Waals surface area contributed by atoms with Crippen LogP contribution in [0.1, 0.15) is 61.3 Å². The summed E-state index contributed by atoms with van der Waals surface area (Å²) in [5.41, 5.74) is 3.24.